The number of nitrogens with one attached hydrogen (secondary N) is 1. The molecule has 0 spiro atoms. The van der Waals surface area contributed by atoms with E-state index in [1.54, 1.807) is 18.2 Å². The number of rotatable bonds is 6. The number of methoxy groups -OCH3 is 1. The van der Waals surface area contributed by atoms with E-state index in [0.717, 1.165) is 18.4 Å². The molecule has 112 valence electrons. The van der Waals surface area contributed by atoms with Crippen LogP contribution in [0.5, 0.6) is 5.75 Å². The molecule has 1 fully saturated rings. The molecule has 1 atom stereocenters. The smallest absolute Gasteiger partial charge is 0.214 e. The fourth-order valence-corrected chi connectivity index (χ4v) is 3.42. The highest BCUT2D eigenvalue weighted by atomic mass is 32.2. The predicted octanol–water partition coefficient (Wildman–Crippen LogP) is 0.876. The van der Waals surface area contributed by atoms with Crippen molar-refractivity contribution in [2.75, 3.05) is 25.2 Å². The van der Waals surface area contributed by atoms with Crippen LogP contribution in [-0.2, 0) is 21.3 Å². The summed E-state index contributed by atoms with van der Waals surface area (Å²) >= 11 is 0. The van der Waals surface area contributed by atoms with Crippen LogP contribution in [0.3, 0.4) is 0 Å². The van der Waals surface area contributed by atoms with Gasteiger partial charge in [0.15, 0.2) is 0 Å². The third kappa shape index (κ3) is 4.09. The molecule has 1 unspecified atom stereocenters. The summed E-state index contributed by atoms with van der Waals surface area (Å²) in [5.41, 5.74) is 7.06. The first-order chi connectivity index (χ1) is 9.50. The van der Waals surface area contributed by atoms with Crippen LogP contribution in [-0.4, -0.2) is 34.0 Å². The van der Waals surface area contributed by atoms with Crippen molar-refractivity contribution in [2.45, 2.75) is 25.5 Å². The quantitative estimate of drug-likeness (QED) is 0.761. The molecule has 0 aliphatic carbocycles. The third-order valence-corrected chi connectivity index (χ3v) is 4.61. The van der Waals surface area contributed by atoms with E-state index < -0.39 is 10.0 Å². The lowest BCUT2D eigenvalue weighted by Crippen LogP contribution is -2.31. The van der Waals surface area contributed by atoms with Crippen molar-refractivity contribution in [1.29, 1.82) is 0 Å². The lowest BCUT2D eigenvalue weighted by atomic mass is 10.2. The van der Waals surface area contributed by atoms with Gasteiger partial charge in [-0.15, -0.1) is 0 Å². The molecule has 1 aromatic rings. The minimum atomic E-state index is -3.34. The number of anilines is 1. The van der Waals surface area contributed by atoms with Crippen LogP contribution in [0.15, 0.2) is 18.2 Å². The van der Waals surface area contributed by atoms with Crippen molar-refractivity contribution < 1.29 is 17.9 Å². The Hall–Kier alpha value is -1.31. The van der Waals surface area contributed by atoms with Crippen molar-refractivity contribution in [3.63, 3.8) is 0 Å². The van der Waals surface area contributed by atoms with Crippen LogP contribution in [0, 0.1) is 0 Å². The Morgan fingerprint density at radius 3 is 2.90 bits per heavy atom. The number of hydrogen-bond acceptors (Lipinski definition) is 5. The fraction of sp³-hybridized carbons (Fsp3) is 0.538. The molecule has 3 N–H and O–H groups in total. The largest absolute Gasteiger partial charge is 0.495 e. The van der Waals surface area contributed by atoms with Crippen LogP contribution < -0.4 is 15.2 Å². The molecule has 1 aliphatic rings. The summed E-state index contributed by atoms with van der Waals surface area (Å²) in [4.78, 5) is 0. The highest BCUT2D eigenvalue weighted by Gasteiger charge is 2.22. The lowest BCUT2D eigenvalue weighted by molar-refractivity contribution is 0.127. The molecule has 0 aromatic heterocycles. The van der Waals surface area contributed by atoms with E-state index in [1.165, 1.54) is 7.11 Å². The molecule has 1 heterocycles. The van der Waals surface area contributed by atoms with Crippen LogP contribution in [0.1, 0.15) is 18.4 Å². The molecule has 0 amide bonds. The summed E-state index contributed by atoms with van der Waals surface area (Å²) in [6.07, 6.45) is 1.54. The first-order valence-electron chi connectivity index (χ1n) is 6.51. The highest BCUT2D eigenvalue weighted by molar-refractivity contribution is 7.89. The average Bonchev–Trinajstić information content (AvgIpc) is 2.89. The molecule has 1 aromatic carbocycles. The molecule has 2 rings (SSSR count). The van der Waals surface area contributed by atoms with E-state index in [-0.39, 0.29) is 18.4 Å². The van der Waals surface area contributed by atoms with Gasteiger partial charge in [0.2, 0.25) is 10.0 Å². The van der Waals surface area contributed by atoms with E-state index in [0.29, 0.717) is 18.0 Å². The lowest BCUT2D eigenvalue weighted by Gasteiger charge is -2.12. The third-order valence-electron chi connectivity index (χ3n) is 3.22. The second-order valence-electron chi connectivity index (χ2n) is 4.81. The second-order valence-corrected chi connectivity index (χ2v) is 6.67. The van der Waals surface area contributed by atoms with Gasteiger partial charge in [0.25, 0.3) is 0 Å². The Morgan fingerprint density at radius 2 is 2.30 bits per heavy atom. The number of nitrogen functional groups attached to an aromatic ring is 1. The van der Waals surface area contributed by atoms with Gasteiger partial charge in [0.05, 0.1) is 24.7 Å². The summed E-state index contributed by atoms with van der Waals surface area (Å²) in [6.45, 7) is 0.860. The number of ether oxygens (including phenoxy) is 2. The number of benzene rings is 1. The van der Waals surface area contributed by atoms with Crippen molar-refractivity contribution in [2.24, 2.45) is 0 Å². The molecular weight excluding hydrogens is 280 g/mol. The van der Waals surface area contributed by atoms with Crippen molar-refractivity contribution in [3.8, 4) is 5.75 Å². The zero-order chi connectivity index (χ0) is 14.6. The molecule has 1 saturated heterocycles. The van der Waals surface area contributed by atoms with Gasteiger partial charge in [0, 0.05) is 13.2 Å². The Labute approximate surface area is 119 Å². The summed E-state index contributed by atoms with van der Waals surface area (Å²) in [5.74, 6) is 0.592. The molecular formula is C13H20N2O4S. The molecule has 0 radical (unpaired) electrons. The van der Waals surface area contributed by atoms with Gasteiger partial charge in [-0.3, -0.25) is 0 Å². The Bertz CT molecular complexity index is 553. The standard InChI is InChI=1S/C13H20N2O4S/c1-18-13-5-4-10(7-12(13)14)8-15-20(16,17)9-11-3-2-6-19-11/h4-5,7,11,15H,2-3,6,8-9,14H2,1H3. The van der Waals surface area contributed by atoms with Crippen LogP contribution in [0.2, 0.25) is 0 Å². The minimum Gasteiger partial charge on any atom is -0.495 e. The Morgan fingerprint density at radius 1 is 1.50 bits per heavy atom. The van der Waals surface area contributed by atoms with Gasteiger partial charge >= 0.3 is 0 Å². The van der Waals surface area contributed by atoms with Gasteiger partial charge < -0.3 is 15.2 Å². The minimum absolute atomic E-state index is 0.0125. The van der Waals surface area contributed by atoms with Gasteiger partial charge in [-0.25, -0.2) is 13.1 Å². The molecule has 0 saturated carbocycles. The Balaban J connectivity index is 1.91. The maximum absolute atomic E-state index is 11.9. The first-order valence-corrected chi connectivity index (χ1v) is 8.17. The Kier molecular flexibility index (Phi) is 4.85. The zero-order valence-corrected chi connectivity index (χ0v) is 12.3. The van der Waals surface area contributed by atoms with Crippen molar-refractivity contribution in [3.05, 3.63) is 23.8 Å². The van der Waals surface area contributed by atoms with E-state index in [2.05, 4.69) is 4.72 Å². The summed E-state index contributed by atoms with van der Waals surface area (Å²) in [5, 5.41) is 0. The van der Waals surface area contributed by atoms with Crippen molar-refractivity contribution in [1.82, 2.24) is 4.72 Å². The van der Waals surface area contributed by atoms with Crippen LogP contribution in [0.25, 0.3) is 0 Å². The molecule has 7 heteroatoms. The predicted molar refractivity (Wildman–Crippen MR) is 77.0 cm³/mol. The number of sulfonamides is 1. The average molecular weight is 300 g/mol. The second kappa shape index (κ2) is 6.43. The SMILES string of the molecule is COc1ccc(CNS(=O)(=O)CC2CCCO2)cc1N. The summed E-state index contributed by atoms with van der Waals surface area (Å²) in [7, 11) is -1.80. The number of hydrogen-bond donors (Lipinski definition) is 2. The summed E-state index contributed by atoms with van der Waals surface area (Å²) in [6, 6.07) is 5.20. The number of nitrogens with two attached hydrogens (primary N) is 1. The van der Waals surface area contributed by atoms with E-state index >= 15 is 0 Å². The normalized spacial score (nSPS) is 19.1. The van der Waals surface area contributed by atoms with Crippen molar-refractivity contribution >= 4 is 15.7 Å². The molecule has 20 heavy (non-hydrogen) atoms. The van der Waals surface area contributed by atoms with E-state index in [1.807, 2.05) is 0 Å². The van der Waals surface area contributed by atoms with Crippen LogP contribution in [0.4, 0.5) is 5.69 Å². The monoisotopic (exact) mass is 300 g/mol. The molecule has 6 nitrogen and oxygen atoms in total. The van der Waals surface area contributed by atoms with Gasteiger partial charge in [-0.2, -0.15) is 0 Å². The zero-order valence-electron chi connectivity index (χ0n) is 11.5. The van der Waals surface area contributed by atoms with Gasteiger partial charge in [-0.1, -0.05) is 6.07 Å². The summed E-state index contributed by atoms with van der Waals surface area (Å²) < 4.78 is 36.8. The van der Waals surface area contributed by atoms with Gasteiger partial charge in [0.1, 0.15) is 5.75 Å². The van der Waals surface area contributed by atoms with E-state index in [4.69, 9.17) is 15.2 Å². The first kappa shape index (κ1) is 15.1. The van der Waals surface area contributed by atoms with Crippen LogP contribution >= 0.6 is 0 Å². The van der Waals surface area contributed by atoms with E-state index in [9.17, 15) is 8.42 Å². The maximum Gasteiger partial charge on any atom is 0.214 e. The topological polar surface area (TPSA) is 90.6 Å². The highest BCUT2D eigenvalue weighted by Crippen LogP contribution is 2.22. The van der Waals surface area contributed by atoms with Gasteiger partial charge in [-0.05, 0) is 30.5 Å². The molecule has 0 bridgehead atoms. The maximum atomic E-state index is 11.9. The molecule has 1 aliphatic heterocycles. The fourth-order valence-electron chi connectivity index (χ4n) is 2.17.